The summed E-state index contributed by atoms with van der Waals surface area (Å²) in [7, 11) is 0. The molecule has 14 heavy (non-hydrogen) atoms. The van der Waals surface area contributed by atoms with E-state index in [9.17, 15) is 14.7 Å². The Morgan fingerprint density at radius 3 is 2.57 bits per heavy atom. The van der Waals surface area contributed by atoms with E-state index in [4.69, 9.17) is 5.84 Å². The van der Waals surface area contributed by atoms with Crippen LogP contribution in [0.1, 0.15) is 27.6 Å². The number of phenolic OH excluding ortho intramolecular Hbond substituents is 1. The normalized spacial score (nSPS) is 9.57. The van der Waals surface area contributed by atoms with Gasteiger partial charge >= 0.3 is 0 Å². The lowest BCUT2D eigenvalue weighted by atomic mass is 10.1. The molecule has 5 nitrogen and oxygen atoms in total. The van der Waals surface area contributed by atoms with Gasteiger partial charge in [0.15, 0.2) is 5.78 Å². The molecule has 0 heterocycles. The van der Waals surface area contributed by atoms with Gasteiger partial charge in [-0.2, -0.15) is 0 Å². The fourth-order valence-corrected chi connectivity index (χ4v) is 1.04. The Bertz CT molecular complexity index is 388. The van der Waals surface area contributed by atoms with Crippen molar-refractivity contribution >= 4 is 11.7 Å². The first-order valence-electron chi connectivity index (χ1n) is 3.91. The van der Waals surface area contributed by atoms with Gasteiger partial charge in [-0.3, -0.25) is 15.0 Å². The molecule has 0 saturated heterocycles. The van der Waals surface area contributed by atoms with Gasteiger partial charge in [0.1, 0.15) is 5.75 Å². The molecular formula is C9H10N2O3. The molecular weight excluding hydrogens is 184 g/mol. The highest BCUT2D eigenvalue weighted by Crippen LogP contribution is 2.18. The number of nitrogen functional groups attached to an aromatic ring is 1. The first kappa shape index (κ1) is 10.2. The topological polar surface area (TPSA) is 92.4 Å². The van der Waals surface area contributed by atoms with Crippen LogP contribution in [0.25, 0.3) is 0 Å². The van der Waals surface area contributed by atoms with Gasteiger partial charge in [0.25, 0.3) is 5.91 Å². The smallest absolute Gasteiger partial charge is 0.265 e. The third kappa shape index (κ3) is 1.89. The summed E-state index contributed by atoms with van der Waals surface area (Å²) >= 11 is 0. The Hall–Kier alpha value is -1.88. The van der Waals surface area contributed by atoms with Gasteiger partial charge in [-0.05, 0) is 25.1 Å². The standard InChI is InChI=1S/C9H10N2O3/c1-5(12)7-4-6(9(14)11-10)2-3-8(7)13/h2-4,13H,10H2,1H3,(H,11,14). The summed E-state index contributed by atoms with van der Waals surface area (Å²) in [6.07, 6.45) is 0. The van der Waals surface area contributed by atoms with Crippen LogP contribution in [-0.2, 0) is 0 Å². The summed E-state index contributed by atoms with van der Waals surface area (Å²) in [6.45, 7) is 1.30. The lowest BCUT2D eigenvalue weighted by Gasteiger charge is -2.03. The van der Waals surface area contributed by atoms with Crippen molar-refractivity contribution in [2.24, 2.45) is 5.84 Å². The van der Waals surface area contributed by atoms with Crippen molar-refractivity contribution in [3.05, 3.63) is 29.3 Å². The number of Topliss-reactive ketones (excluding diaryl/α,β-unsaturated/α-hetero) is 1. The molecule has 0 aliphatic heterocycles. The van der Waals surface area contributed by atoms with Crippen molar-refractivity contribution in [1.82, 2.24) is 5.43 Å². The van der Waals surface area contributed by atoms with Crippen LogP contribution in [0, 0.1) is 0 Å². The zero-order valence-electron chi connectivity index (χ0n) is 7.57. The SMILES string of the molecule is CC(=O)c1cc(C(=O)NN)ccc1O. The van der Waals surface area contributed by atoms with E-state index in [0.717, 1.165) is 0 Å². The molecule has 0 atom stereocenters. The summed E-state index contributed by atoms with van der Waals surface area (Å²) in [6, 6.07) is 3.95. The molecule has 0 radical (unpaired) electrons. The van der Waals surface area contributed by atoms with Crippen molar-refractivity contribution < 1.29 is 14.7 Å². The maximum absolute atomic E-state index is 11.1. The summed E-state index contributed by atoms with van der Waals surface area (Å²) in [5.41, 5.74) is 2.27. The number of rotatable bonds is 2. The molecule has 0 spiro atoms. The van der Waals surface area contributed by atoms with Crippen LogP contribution in [0.5, 0.6) is 5.75 Å². The maximum Gasteiger partial charge on any atom is 0.265 e. The second-order valence-electron chi connectivity index (χ2n) is 2.76. The second-order valence-corrected chi connectivity index (χ2v) is 2.76. The van der Waals surface area contributed by atoms with Gasteiger partial charge in [0.2, 0.25) is 0 Å². The molecule has 1 aromatic rings. The van der Waals surface area contributed by atoms with Gasteiger partial charge < -0.3 is 5.11 Å². The molecule has 0 aliphatic carbocycles. The van der Waals surface area contributed by atoms with Crippen LogP contribution in [0.2, 0.25) is 0 Å². The second kappa shape index (κ2) is 3.89. The summed E-state index contributed by atoms with van der Waals surface area (Å²) in [5.74, 6) is 3.96. The molecule has 0 fully saturated rings. The van der Waals surface area contributed by atoms with E-state index in [1.165, 1.54) is 25.1 Å². The number of nitrogens with two attached hydrogens (primary N) is 1. The minimum absolute atomic E-state index is 0.103. The van der Waals surface area contributed by atoms with E-state index >= 15 is 0 Å². The zero-order chi connectivity index (χ0) is 10.7. The highest BCUT2D eigenvalue weighted by Gasteiger charge is 2.10. The Kier molecular flexibility index (Phi) is 2.83. The fraction of sp³-hybridized carbons (Fsp3) is 0.111. The van der Waals surface area contributed by atoms with Crippen LogP contribution in [0.3, 0.4) is 0 Å². The Balaban J connectivity index is 3.19. The van der Waals surface area contributed by atoms with E-state index in [1.807, 2.05) is 5.43 Å². The van der Waals surface area contributed by atoms with Crippen molar-refractivity contribution in [3.63, 3.8) is 0 Å². The van der Waals surface area contributed by atoms with Crippen LogP contribution in [0.15, 0.2) is 18.2 Å². The van der Waals surface area contributed by atoms with Crippen LogP contribution in [-0.4, -0.2) is 16.8 Å². The molecule has 1 rings (SSSR count). The summed E-state index contributed by atoms with van der Waals surface area (Å²) < 4.78 is 0. The van der Waals surface area contributed by atoms with E-state index < -0.39 is 5.91 Å². The number of amides is 1. The first-order valence-corrected chi connectivity index (χ1v) is 3.91. The predicted molar refractivity (Wildman–Crippen MR) is 49.8 cm³/mol. The molecule has 0 unspecified atom stereocenters. The van der Waals surface area contributed by atoms with E-state index in [-0.39, 0.29) is 22.7 Å². The van der Waals surface area contributed by atoms with E-state index in [1.54, 1.807) is 0 Å². The van der Waals surface area contributed by atoms with Gasteiger partial charge in [-0.15, -0.1) is 0 Å². The van der Waals surface area contributed by atoms with Crippen LogP contribution < -0.4 is 11.3 Å². The van der Waals surface area contributed by atoms with Gasteiger partial charge in [0.05, 0.1) is 5.56 Å². The molecule has 74 valence electrons. The minimum Gasteiger partial charge on any atom is -0.507 e. The molecule has 5 heteroatoms. The number of hydrogen-bond donors (Lipinski definition) is 3. The third-order valence-electron chi connectivity index (χ3n) is 1.77. The fourth-order valence-electron chi connectivity index (χ4n) is 1.04. The number of benzene rings is 1. The van der Waals surface area contributed by atoms with Crippen molar-refractivity contribution in [3.8, 4) is 5.75 Å². The molecule has 0 bridgehead atoms. The highest BCUT2D eigenvalue weighted by molar-refractivity contribution is 6.01. The molecule has 1 amide bonds. The number of aromatic hydroxyl groups is 1. The van der Waals surface area contributed by atoms with E-state index in [0.29, 0.717) is 0 Å². The van der Waals surface area contributed by atoms with Gasteiger partial charge in [-0.1, -0.05) is 0 Å². The molecule has 0 aromatic heterocycles. The third-order valence-corrected chi connectivity index (χ3v) is 1.77. The zero-order valence-corrected chi connectivity index (χ0v) is 7.57. The molecule has 1 aromatic carbocycles. The number of nitrogens with one attached hydrogen (secondary N) is 1. The maximum atomic E-state index is 11.1. The lowest BCUT2D eigenvalue weighted by molar-refractivity contribution is 0.0953. The first-order chi connectivity index (χ1) is 6.56. The largest absolute Gasteiger partial charge is 0.507 e. The van der Waals surface area contributed by atoms with Gasteiger partial charge in [0, 0.05) is 5.56 Å². The predicted octanol–water partition coefficient (Wildman–Crippen LogP) is 0.198. The number of carbonyl (C=O) groups is 2. The monoisotopic (exact) mass is 194 g/mol. The Labute approximate surface area is 80.5 Å². The van der Waals surface area contributed by atoms with Crippen molar-refractivity contribution in [2.75, 3.05) is 0 Å². The Morgan fingerprint density at radius 2 is 2.07 bits per heavy atom. The van der Waals surface area contributed by atoms with Gasteiger partial charge in [-0.25, -0.2) is 5.84 Å². The van der Waals surface area contributed by atoms with Crippen LogP contribution in [0.4, 0.5) is 0 Å². The van der Waals surface area contributed by atoms with Crippen molar-refractivity contribution in [2.45, 2.75) is 6.92 Å². The van der Waals surface area contributed by atoms with Crippen LogP contribution >= 0.6 is 0 Å². The average Bonchev–Trinajstić information content (AvgIpc) is 2.17. The Morgan fingerprint density at radius 1 is 1.43 bits per heavy atom. The quantitative estimate of drug-likeness (QED) is 0.271. The molecule has 4 N–H and O–H groups in total. The van der Waals surface area contributed by atoms with Crippen molar-refractivity contribution in [1.29, 1.82) is 0 Å². The molecule has 0 saturated carbocycles. The summed E-state index contributed by atoms with van der Waals surface area (Å²) in [4.78, 5) is 22.1. The average molecular weight is 194 g/mol. The summed E-state index contributed by atoms with van der Waals surface area (Å²) in [5, 5.41) is 9.28. The number of hydrazine groups is 1. The highest BCUT2D eigenvalue weighted by atomic mass is 16.3. The lowest BCUT2D eigenvalue weighted by Crippen LogP contribution is -2.30. The number of ketones is 1. The number of hydrogen-bond acceptors (Lipinski definition) is 4. The molecule has 0 aliphatic rings. The minimum atomic E-state index is -0.507. The van der Waals surface area contributed by atoms with E-state index in [2.05, 4.69) is 0 Å². The number of phenols is 1. The number of carbonyl (C=O) groups excluding carboxylic acids is 2.